The van der Waals surface area contributed by atoms with Crippen molar-refractivity contribution in [3.8, 4) is 5.75 Å². The fourth-order valence-electron chi connectivity index (χ4n) is 3.75. The molecule has 1 amide bonds. The van der Waals surface area contributed by atoms with Gasteiger partial charge in [0.05, 0.1) is 28.8 Å². The van der Waals surface area contributed by atoms with Crippen molar-refractivity contribution in [3.63, 3.8) is 0 Å². The van der Waals surface area contributed by atoms with Crippen molar-refractivity contribution in [1.29, 1.82) is 0 Å². The van der Waals surface area contributed by atoms with Crippen LogP contribution in [-0.4, -0.2) is 38.6 Å². The molecule has 1 N–H and O–H groups in total. The predicted molar refractivity (Wildman–Crippen MR) is 146 cm³/mol. The average molecular weight is 554 g/mol. The Morgan fingerprint density at radius 3 is 2.47 bits per heavy atom. The maximum absolute atomic E-state index is 13.2. The third-order valence-corrected chi connectivity index (χ3v) is 8.11. The number of sulfonamides is 1. The number of esters is 1. The van der Waals surface area contributed by atoms with Gasteiger partial charge in [0, 0.05) is 11.3 Å². The van der Waals surface area contributed by atoms with Gasteiger partial charge in [-0.05, 0) is 73.5 Å². The van der Waals surface area contributed by atoms with Gasteiger partial charge in [0.2, 0.25) is 0 Å². The van der Waals surface area contributed by atoms with E-state index < -0.39 is 21.9 Å². The standard InChI is InChI=1S/C27H27N3O6S2/c1-4-18-9-14-23-24(15-18)37-27(30(23)17-25(31)36-5-2)28-26(32)19-7-6-8-20(16-19)29-38(33,34)22-12-10-21(35-3)11-13-22/h6-16,29H,4-5,17H2,1-3H3. The van der Waals surface area contributed by atoms with Crippen LogP contribution in [0.5, 0.6) is 5.75 Å². The number of aromatic nitrogens is 1. The Morgan fingerprint density at radius 1 is 1.03 bits per heavy atom. The Kier molecular flexibility index (Phi) is 8.28. The lowest BCUT2D eigenvalue weighted by atomic mass is 10.2. The van der Waals surface area contributed by atoms with Gasteiger partial charge in [-0.25, -0.2) is 8.42 Å². The second-order valence-corrected chi connectivity index (χ2v) is 10.9. The minimum atomic E-state index is -3.89. The molecule has 1 aromatic heterocycles. The number of nitrogens with zero attached hydrogens (tertiary/aromatic N) is 2. The van der Waals surface area contributed by atoms with Gasteiger partial charge in [0.15, 0.2) is 4.80 Å². The molecule has 3 aromatic carbocycles. The number of ether oxygens (including phenoxy) is 2. The molecular formula is C27H27N3O6S2. The number of rotatable bonds is 9. The zero-order chi connectivity index (χ0) is 27.3. The summed E-state index contributed by atoms with van der Waals surface area (Å²) in [6.45, 7) is 3.93. The van der Waals surface area contributed by atoms with Gasteiger partial charge in [-0.2, -0.15) is 4.99 Å². The van der Waals surface area contributed by atoms with E-state index in [-0.39, 0.29) is 29.3 Å². The van der Waals surface area contributed by atoms with E-state index >= 15 is 0 Å². The summed E-state index contributed by atoms with van der Waals surface area (Å²) in [5.74, 6) is -0.475. The first-order valence-electron chi connectivity index (χ1n) is 11.9. The molecule has 0 spiro atoms. The van der Waals surface area contributed by atoms with Gasteiger partial charge >= 0.3 is 5.97 Å². The second-order valence-electron chi connectivity index (χ2n) is 8.21. The number of hydrogen-bond donors (Lipinski definition) is 1. The largest absolute Gasteiger partial charge is 0.497 e. The van der Waals surface area contributed by atoms with Crippen LogP contribution in [0.15, 0.2) is 76.6 Å². The fourth-order valence-corrected chi connectivity index (χ4v) is 5.89. The molecule has 0 aliphatic heterocycles. The summed E-state index contributed by atoms with van der Waals surface area (Å²) in [4.78, 5) is 30.1. The summed E-state index contributed by atoms with van der Waals surface area (Å²) in [5.41, 5.74) is 2.30. The van der Waals surface area contributed by atoms with E-state index in [1.165, 1.54) is 36.6 Å². The van der Waals surface area contributed by atoms with Crippen molar-refractivity contribution >= 4 is 49.1 Å². The monoisotopic (exact) mass is 553 g/mol. The number of carbonyl (C=O) groups is 2. The number of hydrogen-bond acceptors (Lipinski definition) is 7. The smallest absolute Gasteiger partial charge is 0.326 e. The van der Waals surface area contributed by atoms with Crippen LogP contribution in [0, 0.1) is 0 Å². The zero-order valence-electron chi connectivity index (χ0n) is 21.1. The highest BCUT2D eigenvalue weighted by Gasteiger charge is 2.17. The Hall–Kier alpha value is -3.96. The molecule has 0 radical (unpaired) electrons. The molecule has 11 heteroatoms. The summed E-state index contributed by atoms with van der Waals surface area (Å²) in [6.07, 6.45) is 0.844. The molecular weight excluding hydrogens is 526 g/mol. The van der Waals surface area contributed by atoms with Crippen LogP contribution in [0.2, 0.25) is 0 Å². The summed E-state index contributed by atoms with van der Waals surface area (Å²) in [6, 6.07) is 17.9. The number of benzene rings is 3. The molecule has 0 bridgehead atoms. The topological polar surface area (TPSA) is 116 Å². The minimum Gasteiger partial charge on any atom is -0.497 e. The molecule has 0 saturated carbocycles. The molecule has 4 rings (SSSR count). The number of methoxy groups -OCH3 is 1. The molecule has 4 aromatic rings. The lowest BCUT2D eigenvalue weighted by Gasteiger charge is -2.09. The van der Waals surface area contributed by atoms with E-state index in [0.717, 1.165) is 22.2 Å². The molecule has 0 aliphatic carbocycles. The maximum Gasteiger partial charge on any atom is 0.326 e. The van der Waals surface area contributed by atoms with E-state index in [1.54, 1.807) is 41.8 Å². The number of aryl methyl sites for hydroxylation is 1. The number of amides is 1. The Balaban J connectivity index is 1.67. The number of fused-ring (bicyclic) bond motifs is 1. The molecule has 0 atom stereocenters. The van der Waals surface area contributed by atoms with Crippen molar-refractivity contribution in [2.45, 2.75) is 31.7 Å². The van der Waals surface area contributed by atoms with E-state index in [2.05, 4.69) is 9.71 Å². The van der Waals surface area contributed by atoms with Crippen LogP contribution in [0.3, 0.4) is 0 Å². The quantitative estimate of drug-likeness (QED) is 0.308. The number of thiazole rings is 1. The van der Waals surface area contributed by atoms with Crippen LogP contribution < -0.4 is 14.3 Å². The molecule has 198 valence electrons. The number of anilines is 1. The lowest BCUT2D eigenvalue weighted by molar-refractivity contribution is -0.143. The lowest BCUT2D eigenvalue weighted by Crippen LogP contribution is -2.23. The highest BCUT2D eigenvalue weighted by atomic mass is 32.2. The van der Waals surface area contributed by atoms with Gasteiger partial charge in [-0.1, -0.05) is 30.4 Å². The zero-order valence-corrected chi connectivity index (χ0v) is 22.8. The van der Waals surface area contributed by atoms with Crippen LogP contribution in [-0.2, 0) is 32.5 Å². The highest BCUT2D eigenvalue weighted by molar-refractivity contribution is 7.92. The third-order valence-electron chi connectivity index (χ3n) is 5.68. The minimum absolute atomic E-state index is 0.0523. The van der Waals surface area contributed by atoms with E-state index in [1.807, 2.05) is 25.1 Å². The SMILES string of the molecule is CCOC(=O)Cn1c(=NC(=O)c2cccc(NS(=O)(=O)c3ccc(OC)cc3)c2)sc2cc(CC)ccc21. The number of nitrogens with one attached hydrogen (secondary N) is 1. The molecule has 0 saturated heterocycles. The summed E-state index contributed by atoms with van der Waals surface area (Å²) >= 11 is 1.30. The third kappa shape index (κ3) is 6.12. The summed E-state index contributed by atoms with van der Waals surface area (Å²) in [7, 11) is -2.40. The average Bonchev–Trinajstić information content (AvgIpc) is 3.24. The van der Waals surface area contributed by atoms with Crippen LogP contribution in [0.4, 0.5) is 5.69 Å². The first-order chi connectivity index (χ1) is 18.2. The molecule has 0 unspecified atom stereocenters. The Labute approximate surface area is 224 Å². The van der Waals surface area contributed by atoms with Crippen molar-refractivity contribution in [2.75, 3.05) is 18.4 Å². The highest BCUT2D eigenvalue weighted by Crippen LogP contribution is 2.22. The molecule has 9 nitrogen and oxygen atoms in total. The van der Waals surface area contributed by atoms with Crippen molar-refractivity contribution in [2.24, 2.45) is 4.99 Å². The van der Waals surface area contributed by atoms with Gasteiger partial charge in [0.25, 0.3) is 15.9 Å². The normalized spacial score (nSPS) is 11.9. The maximum atomic E-state index is 13.2. The van der Waals surface area contributed by atoms with Crippen LogP contribution >= 0.6 is 11.3 Å². The predicted octanol–water partition coefficient (Wildman–Crippen LogP) is 4.38. The molecule has 1 heterocycles. The van der Waals surface area contributed by atoms with E-state index in [9.17, 15) is 18.0 Å². The van der Waals surface area contributed by atoms with Gasteiger partial charge in [-0.15, -0.1) is 0 Å². The van der Waals surface area contributed by atoms with Crippen molar-refractivity contribution in [1.82, 2.24) is 4.57 Å². The van der Waals surface area contributed by atoms with E-state index in [0.29, 0.717) is 10.6 Å². The van der Waals surface area contributed by atoms with Crippen LogP contribution in [0.1, 0.15) is 29.8 Å². The first-order valence-corrected chi connectivity index (χ1v) is 14.2. The Morgan fingerprint density at radius 2 is 1.79 bits per heavy atom. The molecule has 0 aliphatic rings. The van der Waals surface area contributed by atoms with Crippen molar-refractivity contribution < 1.29 is 27.5 Å². The van der Waals surface area contributed by atoms with Crippen molar-refractivity contribution in [3.05, 3.63) is 82.7 Å². The summed E-state index contributed by atoms with van der Waals surface area (Å²) in [5, 5.41) is 0. The fraction of sp³-hybridized carbons (Fsp3) is 0.222. The van der Waals surface area contributed by atoms with E-state index in [4.69, 9.17) is 9.47 Å². The number of carbonyl (C=O) groups excluding carboxylic acids is 2. The van der Waals surface area contributed by atoms with Crippen LogP contribution in [0.25, 0.3) is 10.2 Å². The second kappa shape index (κ2) is 11.6. The Bertz CT molecular complexity index is 1650. The summed E-state index contributed by atoms with van der Waals surface area (Å²) < 4.78 is 40.9. The first kappa shape index (κ1) is 27.1. The van der Waals surface area contributed by atoms with Gasteiger partial charge < -0.3 is 14.0 Å². The molecule has 0 fully saturated rings. The van der Waals surface area contributed by atoms with Gasteiger partial charge in [-0.3, -0.25) is 14.3 Å². The molecule has 38 heavy (non-hydrogen) atoms. The van der Waals surface area contributed by atoms with Gasteiger partial charge in [0.1, 0.15) is 12.3 Å².